The molecule has 0 aromatic heterocycles. The first-order valence-electron chi connectivity index (χ1n) is 9.58. The minimum absolute atomic E-state index is 0. The Morgan fingerprint density at radius 2 is 2.07 bits per heavy atom. The maximum Gasteiger partial charge on any atom is 0.224 e. The zero-order chi connectivity index (χ0) is 17.6. The van der Waals surface area contributed by atoms with Gasteiger partial charge in [-0.3, -0.25) is 9.69 Å². The third-order valence-corrected chi connectivity index (χ3v) is 5.55. The molecule has 0 spiro atoms. The number of nitrogens with one attached hydrogen (secondary N) is 1. The van der Waals surface area contributed by atoms with Crippen molar-refractivity contribution < 1.29 is 9.53 Å². The van der Waals surface area contributed by atoms with Gasteiger partial charge in [0.25, 0.3) is 0 Å². The minimum atomic E-state index is 0. The van der Waals surface area contributed by atoms with Crippen molar-refractivity contribution >= 4 is 30.7 Å². The van der Waals surface area contributed by atoms with Crippen LogP contribution in [0.5, 0.6) is 0 Å². The van der Waals surface area contributed by atoms with Crippen LogP contribution < -0.4 is 5.32 Å². The number of carbonyl (C=O) groups is 1. The van der Waals surface area contributed by atoms with E-state index in [1.165, 1.54) is 5.56 Å². The normalized spacial score (nSPS) is 23.8. The summed E-state index contributed by atoms with van der Waals surface area (Å²) in [6.07, 6.45) is 1.60. The van der Waals surface area contributed by atoms with E-state index in [2.05, 4.69) is 59.3 Å². The van der Waals surface area contributed by atoms with E-state index in [1.54, 1.807) is 0 Å². The van der Waals surface area contributed by atoms with E-state index >= 15 is 0 Å². The van der Waals surface area contributed by atoms with Gasteiger partial charge in [-0.15, -0.1) is 24.8 Å². The number of halogens is 2. The van der Waals surface area contributed by atoms with Gasteiger partial charge < -0.3 is 15.0 Å². The molecule has 0 aliphatic carbocycles. The van der Waals surface area contributed by atoms with Gasteiger partial charge in [0.05, 0.1) is 13.2 Å². The van der Waals surface area contributed by atoms with Crippen LogP contribution >= 0.6 is 24.8 Å². The van der Waals surface area contributed by atoms with Crippen LogP contribution in [0.3, 0.4) is 0 Å². The molecular weight excluding hydrogens is 385 g/mol. The van der Waals surface area contributed by atoms with Crippen LogP contribution in [-0.2, 0) is 9.53 Å². The van der Waals surface area contributed by atoms with E-state index in [-0.39, 0.29) is 36.8 Å². The summed E-state index contributed by atoms with van der Waals surface area (Å²) in [5.41, 5.74) is 1.35. The number of hydrogen-bond donors (Lipinski definition) is 1. The van der Waals surface area contributed by atoms with Crippen LogP contribution in [0.1, 0.15) is 38.3 Å². The first kappa shape index (κ1) is 24.2. The Morgan fingerprint density at radius 3 is 2.70 bits per heavy atom. The fraction of sp³-hybridized carbons (Fsp3) is 0.650. The Balaban J connectivity index is 0.00000182. The maximum atomic E-state index is 12.8. The van der Waals surface area contributed by atoms with Crippen molar-refractivity contribution in [2.24, 2.45) is 0 Å². The van der Waals surface area contributed by atoms with Crippen LogP contribution in [-0.4, -0.2) is 67.2 Å². The Hall–Kier alpha value is -0.850. The monoisotopic (exact) mass is 417 g/mol. The predicted octanol–water partition coefficient (Wildman–Crippen LogP) is 2.89. The molecule has 0 saturated carbocycles. The molecule has 1 aromatic carbocycles. The lowest BCUT2D eigenvalue weighted by molar-refractivity contribution is -0.134. The summed E-state index contributed by atoms with van der Waals surface area (Å²) in [6, 6.07) is 11.5. The zero-order valence-corrected chi connectivity index (χ0v) is 17.9. The lowest BCUT2D eigenvalue weighted by Gasteiger charge is -2.32. The average molecular weight is 418 g/mol. The summed E-state index contributed by atoms with van der Waals surface area (Å²) in [7, 11) is 0. The Labute approximate surface area is 175 Å². The number of likely N-dealkylation sites (N-methyl/N-ethyl adjacent to an activating group) is 1. The number of hydrogen-bond acceptors (Lipinski definition) is 4. The van der Waals surface area contributed by atoms with Crippen molar-refractivity contribution in [3.63, 3.8) is 0 Å². The summed E-state index contributed by atoms with van der Waals surface area (Å²) < 4.78 is 5.48. The van der Waals surface area contributed by atoms with Crippen LogP contribution in [0.2, 0.25) is 0 Å². The number of nitrogens with zero attached hydrogens (tertiary/aromatic N) is 2. The molecule has 27 heavy (non-hydrogen) atoms. The first-order chi connectivity index (χ1) is 12.2. The molecule has 2 aliphatic rings. The summed E-state index contributed by atoms with van der Waals surface area (Å²) in [4.78, 5) is 17.4. The third kappa shape index (κ3) is 6.33. The molecule has 1 aromatic rings. The number of rotatable bonds is 6. The van der Waals surface area contributed by atoms with E-state index in [9.17, 15) is 4.79 Å². The van der Waals surface area contributed by atoms with Gasteiger partial charge in [0.2, 0.25) is 5.91 Å². The van der Waals surface area contributed by atoms with Gasteiger partial charge in [0.15, 0.2) is 0 Å². The molecule has 1 amide bonds. The Kier molecular flexibility index (Phi) is 10.6. The van der Waals surface area contributed by atoms with Crippen molar-refractivity contribution in [2.45, 2.75) is 44.8 Å². The SMILES string of the molecule is CCN(C(=O)CC1COCCN1)C1CCN(C(C)c2ccccc2)C1.Cl.Cl. The number of likely N-dealkylation sites (tertiary alicyclic amines) is 1. The highest BCUT2D eigenvalue weighted by Crippen LogP contribution is 2.27. The number of morpholine rings is 1. The lowest BCUT2D eigenvalue weighted by atomic mass is 10.1. The van der Waals surface area contributed by atoms with E-state index in [0.29, 0.717) is 25.1 Å². The molecule has 154 valence electrons. The van der Waals surface area contributed by atoms with Crippen molar-refractivity contribution in [3.8, 4) is 0 Å². The van der Waals surface area contributed by atoms with E-state index in [0.717, 1.165) is 39.2 Å². The highest BCUT2D eigenvalue weighted by molar-refractivity contribution is 5.85. The van der Waals surface area contributed by atoms with Crippen molar-refractivity contribution in [1.29, 1.82) is 0 Å². The summed E-state index contributed by atoms with van der Waals surface area (Å²) in [6.45, 7) is 9.38. The highest BCUT2D eigenvalue weighted by atomic mass is 35.5. The molecule has 5 nitrogen and oxygen atoms in total. The second kappa shape index (κ2) is 11.9. The number of amides is 1. The standard InChI is InChI=1S/C20H31N3O2.2ClH/c1-3-23(20(24)13-18-15-25-12-10-21-18)19-9-11-22(14-19)16(2)17-7-5-4-6-8-17;;/h4-8,16,18-19,21H,3,9-15H2,1-2H3;2*1H. The largest absolute Gasteiger partial charge is 0.378 e. The third-order valence-electron chi connectivity index (χ3n) is 5.55. The fourth-order valence-corrected chi connectivity index (χ4v) is 4.03. The van der Waals surface area contributed by atoms with Gasteiger partial charge in [0.1, 0.15) is 0 Å². The van der Waals surface area contributed by atoms with E-state index in [1.807, 2.05) is 0 Å². The molecule has 2 heterocycles. The predicted molar refractivity (Wildman–Crippen MR) is 114 cm³/mol. The molecule has 7 heteroatoms. The Bertz CT molecular complexity index is 555. The topological polar surface area (TPSA) is 44.8 Å². The van der Waals surface area contributed by atoms with E-state index < -0.39 is 0 Å². The van der Waals surface area contributed by atoms with Gasteiger partial charge >= 0.3 is 0 Å². The van der Waals surface area contributed by atoms with Gasteiger partial charge in [-0.25, -0.2) is 0 Å². The minimum Gasteiger partial charge on any atom is -0.378 e. The molecule has 2 saturated heterocycles. The van der Waals surface area contributed by atoms with Gasteiger partial charge in [-0.1, -0.05) is 30.3 Å². The molecule has 3 unspecified atom stereocenters. The van der Waals surface area contributed by atoms with Crippen LogP contribution in [0.4, 0.5) is 0 Å². The zero-order valence-electron chi connectivity index (χ0n) is 16.3. The van der Waals surface area contributed by atoms with Crippen LogP contribution in [0.15, 0.2) is 30.3 Å². The first-order valence-corrected chi connectivity index (χ1v) is 9.58. The number of benzene rings is 1. The number of carbonyl (C=O) groups excluding carboxylic acids is 1. The van der Waals surface area contributed by atoms with Crippen LogP contribution in [0, 0.1) is 0 Å². The average Bonchev–Trinajstić information content (AvgIpc) is 3.13. The van der Waals surface area contributed by atoms with E-state index in [4.69, 9.17) is 4.74 Å². The highest BCUT2D eigenvalue weighted by Gasteiger charge is 2.33. The molecule has 0 bridgehead atoms. The summed E-state index contributed by atoms with van der Waals surface area (Å²) in [5, 5.41) is 3.39. The maximum absolute atomic E-state index is 12.8. The molecule has 0 radical (unpaired) electrons. The molecule has 3 atom stereocenters. The summed E-state index contributed by atoms with van der Waals surface area (Å²) >= 11 is 0. The van der Waals surface area contributed by atoms with Crippen LogP contribution in [0.25, 0.3) is 0 Å². The molecule has 2 aliphatic heterocycles. The molecule has 2 fully saturated rings. The van der Waals surface area contributed by atoms with Crippen molar-refractivity contribution in [3.05, 3.63) is 35.9 Å². The molecule has 1 N–H and O–H groups in total. The fourth-order valence-electron chi connectivity index (χ4n) is 4.03. The van der Waals surface area contributed by atoms with Gasteiger partial charge in [-0.2, -0.15) is 0 Å². The lowest BCUT2D eigenvalue weighted by Crippen LogP contribution is -2.48. The quantitative estimate of drug-likeness (QED) is 0.772. The number of ether oxygens (including phenoxy) is 1. The van der Waals surface area contributed by atoms with Gasteiger partial charge in [-0.05, 0) is 25.8 Å². The molecular formula is C20H33Cl2N3O2. The van der Waals surface area contributed by atoms with Gasteiger partial charge in [0, 0.05) is 50.7 Å². The smallest absolute Gasteiger partial charge is 0.224 e. The summed E-state index contributed by atoms with van der Waals surface area (Å²) in [5.74, 6) is 0.254. The van der Waals surface area contributed by atoms with Crippen molar-refractivity contribution in [1.82, 2.24) is 15.1 Å². The second-order valence-corrected chi connectivity index (χ2v) is 7.13. The van der Waals surface area contributed by atoms with Crippen molar-refractivity contribution in [2.75, 3.05) is 39.4 Å². The molecule has 3 rings (SSSR count). The Morgan fingerprint density at radius 1 is 1.33 bits per heavy atom. The second-order valence-electron chi connectivity index (χ2n) is 7.13.